The first kappa shape index (κ1) is 6.43. The van der Waals surface area contributed by atoms with Gasteiger partial charge in [-0.25, -0.2) is 0 Å². The fraction of sp³-hybridized carbons (Fsp3) is 0.143. The zero-order valence-corrected chi connectivity index (χ0v) is 5.64. The lowest BCUT2D eigenvalue weighted by molar-refractivity contribution is 0.523. The Hall–Kier alpha value is -0.690. The number of hydrogen-bond donors (Lipinski definition) is 0. The first-order chi connectivity index (χ1) is 4.43. The van der Waals surface area contributed by atoms with E-state index >= 15 is 0 Å². The van der Waals surface area contributed by atoms with E-state index in [1.54, 1.807) is 6.26 Å². The van der Waals surface area contributed by atoms with E-state index in [9.17, 15) is 0 Å². The summed E-state index contributed by atoms with van der Waals surface area (Å²) in [4.78, 5) is 0. The van der Waals surface area contributed by atoms with E-state index in [1.165, 1.54) is 5.54 Å². The zero-order valence-electron chi connectivity index (χ0n) is 4.88. The zero-order chi connectivity index (χ0) is 6.53. The SMILES string of the molecule is Cl/C=C/Cc1ccco1. The lowest BCUT2D eigenvalue weighted by Gasteiger charge is -1.83. The van der Waals surface area contributed by atoms with Crippen molar-refractivity contribution in [3.63, 3.8) is 0 Å². The van der Waals surface area contributed by atoms with Gasteiger partial charge in [0.15, 0.2) is 0 Å². The van der Waals surface area contributed by atoms with E-state index in [1.807, 2.05) is 18.2 Å². The minimum atomic E-state index is 0.774. The van der Waals surface area contributed by atoms with Crippen molar-refractivity contribution < 1.29 is 4.42 Å². The fourth-order valence-corrected chi connectivity index (χ4v) is 0.679. The van der Waals surface area contributed by atoms with Gasteiger partial charge in [-0.3, -0.25) is 0 Å². The molecule has 0 spiro atoms. The van der Waals surface area contributed by atoms with Gasteiger partial charge in [-0.15, -0.1) is 0 Å². The maximum absolute atomic E-state index is 5.30. The molecule has 1 rings (SSSR count). The number of halogens is 1. The summed E-state index contributed by atoms with van der Waals surface area (Å²) in [5.41, 5.74) is 1.49. The third-order valence-corrected chi connectivity index (χ3v) is 1.17. The van der Waals surface area contributed by atoms with E-state index in [0.717, 1.165) is 12.2 Å². The molecular formula is C7H7ClO. The van der Waals surface area contributed by atoms with Crippen LogP contribution in [-0.4, -0.2) is 0 Å². The fourth-order valence-electron chi connectivity index (χ4n) is 0.589. The third-order valence-electron chi connectivity index (χ3n) is 0.988. The number of furan rings is 1. The molecule has 0 amide bonds. The highest BCUT2D eigenvalue weighted by molar-refractivity contribution is 6.25. The van der Waals surface area contributed by atoms with E-state index in [4.69, 9.17) is 16.0 Å². The number of rotatable bonds is 2. The Morgan fingerprint density at radius 1 is 1.67 bits per heavy atom. The van der Waals surface area contributed by atoms with Crippen molar-refractivity contribution in [2.24, 2.45) is 0 Å². The molecule has 0 saturated heterocycles. The van der Waals surface area contributed by atoms with Gasteiger partial charge in [0, 0.05) is 12.0 Å². The molecule has 1 aromatic rings. The second kappa shape index (κ2) is 3.36. The quantitative estimate of drug-likeness (QED) is 0.619. The van der Waals surface area contributed by atoms with E-state index < -0.39 is 0 Å². The first-order valence-corrected chi connectivity index (χ1v) is 3.14. The van der Waals surface area contributed by atoms with Crippen LogP contribution in [0.1, 0.15) is 5.76 Å². The van der Waals surface area contributed by atoms with Gasteiger partial charge in [-0.1, -0.05) is 17.7 Å². The average molecular weight is 143 g/mol. The Morgan fingerprint density at radius 3 is 3.11 bits per heavy atom. The first-order valence-electron chi connectivity index (χ1n) is 2.71. The Morgan fingerprint density at radius 2 is 2.56 bits per heavy atom. The predicted molar refractivity (Wildman–Crippen MR) is 37.4 cm³/mol. The van der Waals surface area contributed by atoms with Crippen LogP contribution in [0.25, 0.3) is 0 Å². The van der Waals surface area contributed by atoms with Crippen molar-refractivity contribution in [3.8, 4) is 0 Å². The van der Waals surface area contributed by atoms with Gasteiger partial charge in [0.1, 0.15) is 5.76 Å². The molecule has 0 aliphatic carbocycles. The molecule has 0 aliphatic heterocycles. The molecule has 0 atom stereocenters. The smallest absolute Gasteiger partial charge is 0.107 e. The highest BCUT2D eigenvalue weighted by Crippen LogP contribution is 2.01. The summed E-state index contributed by atoms with van der Waals surface area (Å²) in [5.74, 6) is 0.937. The van der Waals surface area contributed by atoms with Crippen LogP contribution in [0.5, 0.6) is 0 Å². The lowest BCUT2D eigenvalue weighted by Crippen LogP contribution is -1.70. The summed E-state index contributed by atoms with van der Waals surface area (Å²) in [6.45, 7) is 0. The van der Waals surface area contributed by atoms with Crippen molar-refractivity contribution in [3.05, 3.63) is 35.8 Å². The van der Waals surface area contributed by atoms with Crippen LogP contribution >= 0.6 is 11.6 Å². The second-order valence-electron chi connectivity index (χ2n) is 1.65. The minimum Gasteiger partial charge on any atom is -0.469 e. The van der Waals surface area contributed by atoms with Gasteiger partial charge in [-0.2, -0.15) is 0 Å². The second-order valence-corrected chi connectivity index (χ2v) is 1.90. The van der Waals surface area contributed by atoms with Gasteiger partial charge in [0.25, 0.3) is 0 Å². The molecule has 1 heterocycles. The van der Waals surface area contributed by atoms with Gasteiger partial charge in [-0.05, 0) is 12.1 Å². The molecule has 0 N–H and O–H groups in total. The summed E-state index contributed by atoms with van der Waals surface area (Å²) in [6.07, 6.45) is 4.26. The molecule has 1 nitrogen and oxygen atoms in total. The van der Waals surface area contributed by atoms with Crippen LogP contribution in [-0.2, 0) is 6.42 Å². The van der Waals surface area contributed by atoms with Crippen LogP contribution in [0.15, 0.2) is 34.4 Å². The molecule has 9 heavy (non-hydrogen) atoms. The Labute approximate surface area is 58.9 Å². The molecule has 48 valence electrons. The summed E-state index contributed by atoms with van der Waals surface area (Å²) >= 11 is 5.30. The third kappa shape index (κ3) is 1.94. The van der Waals surface area contributed by atoms with Crippen LogP contribution in [0.2, 0.25) is 0 Å². The van der Waals surface area contributed by atoms with Crippen LogP contribution in [0.4, 0.5) is 0 Å². The molecule has 0 radical (unpaired) electrons. The summed E-state index contributed by atoms with van der Waals surface area (Å²) in [6, 6.07) is 3.77. The van der Waals surface area contributed by atoms with Gasteiger partial charge in [0.2, 0.25) is 0 Å². The topological polar surface area (TPSA) is 13.1 Å². The predicted octanol–water partition coefficient (Wildman–Crippen LogP) is 2.57. The van der Waals surface area contributed by atoms with Crippen LogP contribution < -0.4 is 0 Å². The lowest BCUT2D eigenvalue weighted by atomic mass is 10.3. The summed E-state index contributed by atoms with van der Waals surface area (Å²) < 4.78 is 5.03. The molecule has 0 aromatic carbocycles. The molecule has 2 heteroatoms. The largest absolute Gasteiger partial charge is 0.469 e. The molecular weight excluding hydrogens is 136 g/mol. The standard InChI is InChI=1S/C7H7ClO/c8-5-1-3-7-4-2-6-9-7/h1-2,4-6H,3H2/b5-1+. The maximum Gasteiger partial charge on any atom is 0.107 e. The number of allylic oxidation sites excluding steroid dienone is 1. The van der Waals surface area contributed by atoms with Gasteiger partial charge < -0.3 is 4.42 Å². The van der Waals surface area contributed by atoms with Crippen molar-refractivity contribution in [2.75, 3.05) is 0 Å². The van der Waals surface area contributed by atoms with Crippen molar-refractivity contribution in [2.45, 2.75) is 6.42 Å². The summed E-state index contributed by atoms with van der Waals surface area (Å²) in [5, 5.41) is 0. The van der Waals surface area contributed by atoms with Crippen molar-refractivity contribution in [1.82, 2.24) is 0 Å². The molecule has 0 aliphatic rings. The Kier molecular flexibility index (Phi) is 2.40. The average Bonchev–Trinajstić information content (AvgIpc) is 2.34. The highest BCUT2D eigenvalue weighted by atomic mass is 35.5. The van der Waals surface area contributed by atoms with Gasteiger partial charge >= 0.3 is 0 Å². The molecule has 0 fully saturated rings. The maximum atomic E-state index is 5.30. The van der Waals surface area contributed by atoms with E-state index in [-0.39, 0.29) is 0 Å². The molecule has 1 aromatic heterocycles. The Balaban J connectivity index is 2.48. The van der Waals surface area contributed by atoms with E-state index in [0.29, 0.717) is 0 Å². The van der Waals surface area contributed by atoms with Crippen LogP contribution in [0.3, 0.4) is 0 Å². The highest BCUT2D eigenvalue weighted by Gasteiger charge is 1.87. The molecule has 0 saturated carbocycles. The Bertz CT molecular complexity index is 177. The van der Waals surface area contributed by atoms with Crippen LogP contribution in [0, 0.1) is 0 Å². The van der Waals surface area contributed by atoms with E-state index in [2.05, 4.69) is 0 Å². The van der Waals surface area contributed by atoms with Crippen molar-refractivity contribution >= 4 is 11.6 Å². The normalized spacial score (nSPS) is 10.8. The monoisotopic (exact) mass is 142 g/mol. The number of hydrogen-bond acceptors (Lipinski definition) is 1. The molecule has 0 unspecified atom stereocenters. The molecule has 0 bridgehead atoms. The van der Waals surface area contributed by atoms with Crippen molar-refractivity contribution in [1.29, 1.82) is 0 Å². The minimum absolute atomic E-state index is 0.774. The summed E-state index contributed by atoms with van der Waals surface area (Å²) in [7, 11) is 0. The van der Waals surface area contributed by atoms with Gasteiger partial charge in [0.05, 0.1) is 6.26 Å².